The number of hydrogen-bond donors (Lipinski definition) is 1. The van der Waals surface area contributed by atoms with Gasteiger partial charge in [-0.3, -0.25) is 4.79 Å². The second-order valence-corrected chi connectivity index (χ2v) is 11.1. The number of halogens is 1. The van der Waals surface area contributed by atoms with E-state index >= 15 is 0 Å². The molecule has 0 aliphatic heterocycles. The number of ketones is 1. The third-order valence-electron chi connectivity index (χ3n) is 9.73. The Bertz CT molecular complexity index is 915. The highest BCUT2D eigenvalue weighted by atomic mass is 19.1. The van der Waals surface area contributed by atoms with E-state index in [-0.39, 0.29) is 34.5 Å². The van der Waals surface area contributed by atoms with Crippen LogP contribution in [0.5, 0.6) is 0 Å². The maximum Gasteiger partial charge on any atom is 0.159 e. The van der Waals surface area contributed by atoms with Gasteiger partial charge in [-0.25, -0.2) is 4.39 Å². The lowest BCUT2D eigenvalue weighted by atomic mass is 9.47. The molecule has 7 atom stereocenters. The van der Waals surface area contributed by atoms with Gasteiger partial charge in [0.1, 0.15) is 5.82 Å². The molecule has 0 aromatic heterocycles. The average Bonchev–Trinajstić information content (AvgIpc) is 3.11. The summed E-state index contributed by atoms with van der Waals surface area (Å²) in [5.74, 6) is 2.06. The standard InChI is InChI=1S/C28H35FO2/c1-27-15-13-21(30)17-19(27)6-9-22-23-10-11-25(28(23,2)16-14-24(22)27)26(31)12-5-18-3-7-20(29)8-4-18/h3-8,12,21-25,30H,9-11,13-17H2,1-2H3/t21-,22-,23-,24-,25+,27-,28-/m0/s1. The monoisotopic (exact) mass is 422 g/mol. The van der Waals surface area contributed by atoms with Gasteiger partial charge >= 0.3 is 0 Å². The van der Waals surface area contributed by atoms with Crippen molar-refractivity contribution in [3.8, 4) is 0 Å². The van der Waals surface area contributed by atoms with E-state index in [1.54, 1.807) is 18.2 Å². The van der Waals surface area contributed by atoms with Gasteiger partial charge in [-0.2, -0.15) is 0 Å². The molecule has 3 fully saturated rings. The van der Waals surface area contributed by atoms with E-state index in [0.717, 1.165) is 50.5 Å². The molecule has 166 valence electrons. The lowest BCUT2D eigenvalue weighted by Crippen LogP contribution is -2.50. The number of fused-ring (bicyclic) bond motifs is 5. The zero-order valence-electron chi connectivity index (χ0n) is 18.8. The summed E-state index contributed by atoms with van der Waals surface area (Å²) in [6, 6.07) is 6.32. The largest absolute Gasteiger partial charge is 0.393 e. The fraction of sp³-hybridized carbons (Fsp3) is 0.607. The molecule has 4 aliphatic rings. The fourth-order valence-electron chi connectivity index (χ4n) is 7.98. The summed E-state index contributed by atoms with van der Waals surface area (Å²) in [4.78, 5) is 13.2. The van der Waals surface area contributed by atoms with Gasteiger partial charge in [0.05, 0.1) is 6.10 Å². The molecule has 0 bridgehead atoms. The highest BCUT2D eigenvalue weighted by molar-refractivity contribution is 5.96. The van der Waals surface area contributed by atoms with E-state index in [0.29, 0.717) is 17.8 Å². The van der Waals surface area contributed by atoms with Crippen LogP contribution in [0.2, 0.25) is 0 Å². The summed E-state index contributed by atoms with van der Waals surface area (Å²) >= 11 is 0. The van der Waals surface area contributed by atoms with Crippen LogP contribution in [0, 0.1) is 40.3 Å². The van der Waals surface area contributed by atoms with Crippen LogP contribution in [-0.2, 0) is 4.79 Å². The van der Waals surface area contributed by atoms with Crippen molar-refractivity contribution >= 4 is 11.9 Å². The van der Waals surface area contributed by atoms with Crippen molar-refractivity contribution in [2.24, 2.45) is 34.5 Å². The van der Waals surface area contributed by atoms with Crippen molar-refractivity contribution in [2.45, 2.75) is 71.3 Å². The Hall–Kier alpha value is -1.74. The number of carbonyl (C=O) groups is 1. The summed E-state index contributed by atoms with van der Waals surface area (Å²) in [6.45, 7) is 4.83. The van der Waals surface area contributed by atoms with Crippen molar-refractivity contribution in [1.29, 1.82) is 0 Å². The van der Waals surface area contributed by atoms with Crippen molar-refractivity contribution in [3.05, 3.63) is 53.4 Å². The summed E-state index contributed by atoms with van der Waals surface area (Å²) in [7, 11) is 0. The van der Waals surface area contributed by atoms with E-state index in [4.69, 9.17) is 0 Å². The van der Waals surface area contributed by atoms with Crippen LogP contribution >= 0.6 is 0 Å². The molecule has 2 nitrogen and oxygen atoms in total. The molecule has 3 saturated carbocycles. The third-order valence-corrected chi connectivity index (χ3v) is 9.73. The zero-order chi connectivity index (χ0) is 21.8. The van der Waals surface area contributed by atoms with E-state index in [1.165, 1.54) is 24.1 Å². The normalized spacial score (nSPS) is 41.9. The third kappa shape index (κ3) is 3.44. The fourth-order valence-corrected chi connectivity index (χ4v) is 7.98. The number of aliphatic hydroxyl groups is 1. The minimum absolute atomic E-state index is 0.0846. The lowest BCUT2D eigenvalue weighted by molar-refractivity contribution is -0.124. The molecule has 0 radical (unpaired) electrons. The number of allylic oxidation sites excluding steroid dienone is 2. The zero-order valence-corrected chi connectivity index (χ0v) is 18.8. The Morgan fingerprint density at radius 3 is 2.61 bits per heavy atom. The van der Waals surface area contributed by atoms with Gasteiger partial charge in [0.2, 0.25) is 0 Å². The van der Waals surface area contributed by atoms with Gasteiger partial charge in [-0.1, -0.05) is 43.7 Å². The first-order chi connectivity index (χ1) is 14.8. The average molecular weight is 423 g/mol. The van der Waals surface area contributed by atoms with Crippen LogP contribution in [0.3, 0.4) is 0 Å². The molecule has 3 heteroatoms. The second-order valence-electron chi connectivity index (χ2n) is 11.1. The number of rotatable bonds is 3. The van der Waals surface area contributed by atoms with Gasteiger partial charge in [0.25, 0.3) is 0 Å². The molecule has 0 unspecified atom stereocenters. The Labute approximate surface area is 185 Å². The predicted molar refractivity (Wildman–Crippen MR) is 122 cm³/mol. The molecule has 0 heterocycles. The molecule has 5 rings (SSSR count). The first-order valence-corrected chi connectivity index (χ1v) is 12.2. The lowest BCUT2D eigenvalue weighted by Gasteiger charge is -2.57. The highest BCUT2D eigenvalue weighted by Crippen LogP contribution is 2.66. The molecule has 0 spiro atoms. The van der Waals surface area contributed by atoms with Gasteiger partial charge in [0.15, 0.2) is 5.78 Å². The summed E-state index contributed by atoms with van der Waals surface area (Å²) in [5.41, 5.74) is 2.70. The van der Waals surface area contributed by atoms with E-state index in [2.05, 4.69) is 19.9 Å². The maximum absolute atomic E-state index is 13.2. The molecule has 31 heavy (non-hydrogen) atoms. The number of hydrogen-bond acceptors (Lipinski definition) is 2. The molecular formula is C28H35FO2. The van der Waals surface area contributed by atoms with Crippen LogP contribution in [0.1, 0.15) is 70.8 Å². The van der Waals surface area contributed by atoms with Gasteiger partial charge in [0, 0.05) is 5.92 Å². The molecule has 0 saturated heterocycles. The van der Waals surface area contributed by atoms with Crippen LogP contribution < -0.4 is 0 Å². The van der Waals surface area contributed by atoms with Crippen molar-refractivity contribution < 1.29 is 14.3 Å². The van der Waals surface area contributed by atoms with E-state index < -0.39 is 0 Å². The molecule has 0 amide bonds. The first-order valence-electron chi connectivity index (χ1n) is 12.2. The van der Waals surface area contributed by atoms with E-state index in [9.17, 15) is 14.3 Å². The van der Waals surface area contributed by atoms with Gasteiger partial charge in [-0.05, 0) is 104 Å². The predicted octanol–water partition coefficient (Wildman–Crippen LogP) is 6.35. The number of benzene rings is 1. The SMILES string of the molecule is C[C@]12CC[C@H]3[C@@H](CC=C4C[C@@H](O)CC[C@@]43C)[C@@H]1CC[C@@H]2C(=O)C=Cc1ccc(F)cc1. The Kier molecular flexibility index (Phi) is 5.24. The minimum atomic E-state index is -0.253. The Morgan fingerprint density at radius 1 is 1.06 bits per heavy atom. The van der Waals surface area contributed by atoms with Gasteiger partial charge < -0.3 is 5.11 Å². The van der Waals surface area contributed by atoms with Crippen molar-refractivity contribution in [3.63, 3.8) is 0 Å². The highest BCUT2D eigenvalue weighted by Gasteiger charge is 2.59. The topological polar surface area (TPSA) is 37.3 Å². The van der Waals surface area contributed by atoms with Crippen LogP contribution in [-0.4, -0.2) is 17.0 Å². The van der Waals surface area contributed by atoms with E-state index in [1.807, 2.05) is 6.08 Å². The summed E-state index contributed by atoms with van der Waals surface area (Å²) < 4.78 is 13.1. The first kappa shape index (κ1) is 21.1. The van der Waals surface area contributed by atoms with Crippen LogP contribution in [0.25, 0.3) is 6.08 Å². The Balaban J connectivity index is 1.35. The molecule has 1 aromatic rings. The molecule has 1 aromatic carbocycles. The van der Waals surface area contributed by atoms with Crippen molar-refractivity contribution in [1.82, 2.24) is 0 Å². The summed E-state index contributed by atoms with van der Waals surface area (Å²) in [6.07, 6.45) is 14.4. The smallest absolute Gasteiger partial charge is 0.159 e. The number of aliphatic hydroxyl groups excluding tert-OH is 1. The molecule has 1 N–H and O–H groups in total. The van der Waals surface area contributed by atoms with Gasteiger partial charge in [-0.15, -0.1) is 0 Å². The molecular weight excluding hydrogens is 387 g/mol. The van der Waals surface area contributed by atoms with Crippen LogP contribution in [0.4, 0.5) is 4.39 Å². The summed E-state index contributed by atoms with van der Waals surface area (Å²) in [5, 5.41) is 10.2. The minimum Gasteiger partial charge on any atom is -0.393 e. The quantitative estimate of drug-likeness (QED) is 0.455. The number of carbonyl (C=O) groups excluding carboxylic acids is 1. The Morgan fingerprint density at radius 2 is 1.84 bits per heavy atom. The van der Waals surface area contributed by atoms with Crippen LogP contribution in [0.15, 0.2) is 42.0 Å². The second kappa shape index (κ2) is 7.69. The molecule has 4 aliphatic carbocycles. The maximum atomic E-state index is 13.2. The van der Waals surface area contributed by atoms with Crippen molar-refractivity contribution in [2.75, 3.05) is 0 Å².